The van der Waals surface area contributed by atoms with Gasteiger partial charge < -0.3 is 0 Å². The maximum atomic E-state index is 3.69. The van der Waals surface area contributed by atoms with Crippen molar-refractivity contribution in [3.8, 4) is 0 Å². The molecule has 1 aliphatic rings. The summed E-state index contributed by atoms with van der Waals surface area (Å²) in [5.74, 6) is 0.898. The number of thiophene rings is 1. The van der Waals surface area contributed by atoms with Gasteiger partial charge in [0.25, 0.3) is 0 Å². The third-order valence-electron chi connectivity index (χ3n) is 2.68. The van der Waals surface area contributed by atoms with E-state index >= 15 is 0 Å². The molecular weight excluding hydrogens is 312 g/mol. The maximum Gasteiger partial charge on any atom is 0.0730 e. The molecule has 2 unspecified atom stereocenters. The Kier molecular flexibility index (Phi) is 3.49. The van der Waals surface area contributed by atoms with Gasteiger partial charge in [0.15, 0.2) is 0 Å². The van der Waals surface area contributed by atoms with E-state index in [4.69, 9.17) is 0 Å². The fourth-order valence-corrected chi connectivity index (χ4v) is 4.04. The van der Waals surface area contributed by atoms with Gasteiger partial charge in [-0.3, -0.25) is 0 Å². The van der Waals surface area contributed by atoms with Crippen molar-refractivity contribution in [3.05, 3.63) is 20.8 Å². The van der Waals surface area contributed by atoms with Crippen LogP contribution in [0, 0.1) is 5.92 Å². The molecule has 1 fully saturated rings. The highest BCUT2D eigenvalue weighted by Gasteiger charge is 2.23. The SMILES string of the molecule is Brc1sccc1CC1CCC(Br)C1. The van der Waals surface area contributed by atoms with Crippen LogP contribution in [0.25, 0.3) is 0 Å². The van der Waals surface area contributed by atoms with Gasteiger partial charge in [-0.1, -0.05) is 15.9 Å². The molecule has 0 aromatic carbocycles. The van der Waals surface area contributed by atoms with Crippen LogP contribution < -0.4 is 0 Å². The topological polar surface area (TPSA) is 0 Å². The summed E-state index contributed by atoms with van der Waals surface area (Å²) in [7, 11) is 0. The average Bonchev–Trinajstić information content (AvgIpc) is 2.64. The van der Waals surface area contributed by atoms with Crippen molar-refractivity contribution in [3.63, 3.8) is 0 Å². The van der Waals surface area contributed by atoms with Crippen molar-refractivity contribution in [2.24, 2.45) is 5.92 Å². The second kappa shape index (κ2) is 4.45. The molecule has 1 aliphatic carbocycles. The highest BCUT2D eigenvalue weighted by molar-refractivity contribution is 9.11. The Hall–Kier alpha value is 0.660. The molecule has 2 atom stereocenters. The van der Waals surface area contributed by atoms with Gasteiger partial charge in [0.2, 0.25) is 0 Å². The number of hydrogen-bond acceptors (Lipinski definition) is 1. The van der Waals surface area contributed by atoms with E-state index in [0.717, 1.165) is 10.7 Å². The molecule has 0 aliphatic heterocycles. The third kappa shape index (κ3) is 2.57. The lowest BCUT2D eigenvalue weighted by Crippen LogP contribution is -1.99. The normalized spacial score (nSPS) is 28.2. The largest absolute Gasteiger partial charge is 0.137 e. The summed E-state index contributed by atoms with van der Waals surface area (Å²) >= 11 is 9.08. The van der Waals surface area contributed by atoms with Gasteiger partial charge in [0, 0.05) is 4.83 Å². The van der Waals surface area contributed by atoms with Crippen LogP contribution >= 0.6 is 43.2 Å². The molecule has 13 heavy (non-hydrogen) atoms. The molecular formula is C10H12Br2S. The van der Waals surface area contributed by atoms with E-state index in [0.29, 0.717) is 0 Å². The Morgan fingerprint density at radius 2 is 2.31 bits per heavy atom. The summed E-state index contributed by atoms with van der Waals surface area (Å²) < 4.78 is 1.32. The van der Waals surface area contributed by atoms with Crippen molar-refractivity contribution in [2.45, 2.75) is 30.5 Å². The highest BCUT2D eigenvalue weighted by Crippen LogP contribution is 2.35. The van der Waals surface area contributed by atoms with Crippen molar-refractivity contribution in [1.82, 2.24) is 0 Å². The standard InChI is InChI=1S/C10H12Br2S/c11-9-2-1-7(6-9)5-8-3-4-13-10(8)12/h3-4,7,9H,1-2,5-6H2. The van der Waals surface area contributed by atoms with Crippen LogP contribution in [0.5, 0.6) is 0 Å². The van der Waals surface area contributed by atoms with E-state index in [9.17, 15) is 0 Å². The zero-order valence-electron chi connectivity index (χ0n) is 7.30. The van der Waals surface area contributed by atoms with E-state index in [2.05, 4.69) is 43.3 Å². The van der Waals surface area contributed by atoms with Gasteiger partial charge in [-0.15, -0.1) is 11.3 Å². The predicted molar refractivity (Wildman–Crippen MR) is 65.8 cm³/mol. The fraction of sp³-hybridized carbons (Fsp3) is 0.600. The Morgan fingerprint density at radius 3 is 2.85 bits per heavy atom. The quantitative estimate of drug-likeness (QED) is 0.697. The second-order valence-electron chi connectivity index (χ2n) is 3.70. The third-order valence-corrected chi connectivity index (χ3v) is 5.32. The van der Waals surface area contributed by atoms with Gasteiger partial charge in [0.1, 0.15) is 0 Å². The van der Waals surface area contributed by atoms with E-state index in [1.807, 2.05) is 0 Å². The summed E-state index contributed by atoms with van der Waals surface area (Å²) in [6.07, 6.45) is 5.35. The van der Waals surface area contributed by atoms with Gasteiger partial charge in [-0.05, 0) is 64.5 Å². The van der Waals surface area contributed by atoms with E-state index in [1.165, 1.54) is 35.0 Å². The van der Waals surface area contributed by atoms with Crippen molar-refractivity contribution < 1.29 is 0 Å². The van der Waals surface area contributed by atoms with Crippen LogP contribution in [0.2, 0.25) is 0 Å². The molecule has 1 heterocycles. The van der Waals surface area contributed by atoms with Gasteiger partial charge in [0.05, 0.1) is 3.79 Å². The number of hydrogen-bond donors (Lipinski definition) is 0. The number of rotatable bonds is 2. The minimum atomic E-state index is 0.773. The minimum absolute atomic E-state index is 0.773. The van der Waals surface area contributed by atoms with Crippen molar-refractivity contribution in [1.29, 1.82) is 0 Å². The van der Waals surface area contributed by atoms with Crippen molar-refractivity contribution >= 4 is 43.2 Å². The lowest BCUT2D eigenvalue weighted by atomic mass is 10.0. The molecule has 0 spiro atoms. The summed E-state index contributed by atoms with van der Waals surface area (Å²) in [6, 6.07) is 2.25. The van der Waals surface area contributed by atoms with Gasteiger partial charge >= 0.3 is 0 Å². The van der Waals surface area contributed by atoms with Gasteiger partial charge in [-0.2, -0.15) is 0 Å². The molecule has 0 nitrogen and oxygen atoms in total. The molecule has 72 valence electrons. The Labute approximate surface area is 100.0 Å². The molecule has 1 aromatic heterocycles. The first kappa shape index (κ1) is 10.2. The zero-order valence-corrected chi connectivity index (χ0v) is 11.3. The fourth-order valence-electron chi connectivity index (χ4n) is 1.98. The van der Waals surface area contributed by atoms with E-state index in [-0.39, 0.29) is 0 Å². The molecule has 0 N–H and O–H groups in total. The van der Waals surface area contributed by atoms with Crippen LogP contribution in [0.15, 0.2) is 15.2 Å². The monoisotopic (exact) mass is 322 g/mol. The summed E-state index contributed by atoms with van der Waals surface area (Å²) in [4.78, 5) is 0.773. The van der Waals surface area contributed by atoms with E-state index in [1.54, 1.807) is 11.3 Å². The molecule has 0 bridgehead atoms. The first-order valence-electron chi connectivity index (χ1n) is 4.61. The minimum Gasteiger partial charge on any atom is -0.137 e. The summed E-state index contributed by atoms with van der Waals surface area (Å²) in [5, 5.41) is 2.17. The number of halogens is 2. The van der Waals surface area contributed by atoms with Crippen LogP contribution in [0.4, 0.5) is 0 Å². The Bertz CT molecular complexity index is 282. The average molecular weight is 324 g/mol. The molecule has 0 radical (unpaired) electrons. The van der Waals surface area contributed by atoms with Crippen molar-refractivity contribution in [2.75, 3.05) is 0 Å². The second-order valence-corrected chi connectivity index (χ2v) is 7.23. The molecule has 3 heteroatoms. The Morgan fingerprint density at radius 1 is 1.46 bits per heavy atom. The molecule has 1 saturated carbocycles. The van der Waals surface area contributed by atoms with Crippen LogP contribution in [-0.2, 0) is 6.42 Å². The van der Waals surface area contributed by atoms with Crippen LogP contribution in [-0.4, -0.2) is 4.83 Å². The first-order valence-corrected chi connectivity index (χ1v) is 7.20. The zero-order chi connectivity index (χ0) is 9.26. The van der Waals surface area contributed by atoms with Crippen LogP contribution in [0.1, 0.15) is 24.8 Å². The highest BCUT2D eigenvalue weighted by atomic mass is 79.9. The van der Waals surface area contributed by atoms with E-state index < -0.39 is 0 Å². The molecule has 0 saturated heterocycles. The summed E-state index contributed by atoms with van der Waals surface area (Å²) in [5.41, 5.74) is 1.50. The first-order chi connectivity index (χ1) is 6.25. The summed E-state index contributed by atoms with van der Waals surface area (Å²) in [6.45, 7) is 0. The number of alkyl halides is 1. The molecule has 1 aromatic rings. The Balaban J connectivity index is 1.95. The maximum absolute atomic E-state index is 3.69. The van der Waals surface area contributed by atoms with Gasteiger partial charge in [-0.25, -0.2) is 0 Å². The predicted octanol–water partition coefficient (Wildman–Crippen LogP) is 4.62. The smallest absolute Gasteiger partial charge is 0.0730 e. The molecule has 0 amide bonds. The lowest BCUT2D eigenvalue weighted by molar-refractivity contribution is 0.548. The molecule has 2 rings (SSSR count). The van der Waals surface area contributed by atoms with Crippen LogP contribution in [0.3, 0.4) is 0 Å². The lowest BCUT2D eigenvalue weighted by Gasteiger charge is -2.07.